The minimum atomic E-state index is -0.300. The van der Waals surface area contributed by atoms with E-state index in [9.17, 15) is 4.79 Å². The van der Waals surface area contributed by atoms with Crippen molar-refractivity contribution in [1.29, 1.82) is 5.26 Å². The number of nitrogens with zero attached hydrogens (tertiary/aromatic N) is 4. The van der Waals surface area contributed by atoms with E-state index in [0.717, 1.165) is 5.01 Å². The fourth-order valence-electron chi connectivity index (χ4n) is 1.30. The van der Waals surface area contributed by atoms with Gasteiger partial charge in [-0.3, -0.25) is 9.48 Å². The second-order valence-corrected chi connectivity index (χ2v) is 4.61. The summed E-state index contributed by atoms with van der Waals surface area (Å²) in [4.78, 5) is 16.3. The molecule has 0 saturated heterocycles. The summed E-state index contributed by atoms with van der Waals surface area (Å²) in [5, 5.41) is 16.3. The third-order valence-corrected chi connectivity index (χ3v) is 2.94. The Morgan fingerprint density at radius 2 is 2.41 bits per heavy atom. The average molecular weight is 247 g/mol. The van der Waals surface area contributed by atoms with E-state index >= 15 is 0 Å². The number of nitriles is 1. The SMILES string of the molecule is Cc1ncc(C(=O)Nc2nn(C)cc2C#N)s1. The number of carbonyl (C=O) groups is 1. The van der Waals surface area contributed by atoms with Gasteiger partial charge >= 0.3 is 0 Å². The normalized spacial score (nSPS) is 9.94. The summed E-state index contributed by atoms with van der Waals surface area (Å²) >= 11 is 1.29. The van der Waals surface area contributed by atoms with E-state index in [1.807, 2.05) is 13.0 Å². The van der Waals surface area contributed by atoms with Crippen LogP contribution in [0.1, 0.15) is 20.2 Å². The summed E-state index contributed by atoms with van der Waals surface area (Å²) in [6.45, 7) is 1.82. The van der Waals surface area contributed by atoms with Crippen molar-refractivity contribution in [3.8, 4) is 6.07 Å². The fourth-order valence-corrected chi connectivity index (χ4v) is 1.97. The lowest BCUT2D eigenvalue weighted by atomic mass is 10.3. The van der Waals surface area contributed by atoms with E-state index in [2.05, 4.69) is 15.4 Å². The Balaban J connectivity index is 2.21. The van der Waals surface area contributed by atoms with Crippen molar-refractivity contribution in [2.75, 3.05) is 5.32 Å². The molecule has 17 heavy (non-hydrogen) atoms. The molecule has 0 unspecified atom stereocenters. The summed E-state index contributed by atoms with van der Waals surface area (Å²) in [5.74, 6) is -0.0307. The molecule has 1 amide bonds. The molecule has 6 nitrogen and oxygen atoms in total. The van der Waals surface area contributed by atoms with Gasteiger partial charge < -0.3 is 5.32 Å². The molecule has 0 saturated carbocycles. The number of rotatable bonds is 2. The van der Waals surface area contributed by atoms with E-state index in [1.165, 1.54) is 22.2 Å². The number of hydrogen-bond acceptors (Lipinski definition) is 5. The highest BCUT2D eigenvalue weighted by molar-refractivity contribution is 7.13. The lowest BCUT2D eigenvalue weighted by Gasteiger charge is -1.98. The number of anilines is 1. The van der Waals surface area contributed by atoms with Gasteiger partial charge in [-0.05, 0) is 6.92 Å². The maximum Gasteiger partial charge on any atom is 0.268 e. The largest absolute Gasteiger partial charge is 0.303 e. The van der Waals surface area contributed by atoms with E-state index in [-0.39, 0.29) is 11.7 Å². The zero-order valence-corrected chi connectivity index (χ0v) is 10.1. The summed E-state index contributed by atoms with van der Waals surface area (Å²) in [6.07, 6.45) is 3.05. The van der Waals surface area contributed by atoms with Crippen molar-refractivity contribution in [2.45, 2.75) is 6.92 Å². The lowest BCUT2D eigenvalue weighted by Crippen LogP contribution is -2.11. The highest BCUT2D eigenvalue weighted by Gasteiger charge is 2.14. The van der Waals surface area contributed by atoms with E-state index < -0.39 is 0 Å². The monoisotopic (exact) mass is 247 g/mol. The number of aryl methyl sites for hydroxylation is 2. The van der Waals surface area contributed by atoms with Crippen LogP contribution in [0, 0.1) is 18.3 Å². The second kappa shape index (κ2) is 4.35. The predicted octanol–water partition coefficient (Wildman–Crippen LogP) is 1.31. The molecule has 0 bridgehead atoms. The van der Waals surface area contributed by atoms with Gasteiger partial charge in [0.2, 0.25) is 0 Å². The molecule has 86 valence electrons. The molecule has 0 atom stereocenters. The van der Waals surface area contributed by atoms with Crippen molar-refractivity contribution >= 4 is 23.1 Å². The third-order valence-electron chi connectivity index (χ3n) is 2.03. The minimum Gasteiger partial charge on any atom is -0.303 e. The number of thiazole rings is 1. The van der Waals surface area contributed by atoms with Crippen LogP contribution in [-0.2, 0) is 7.05 Å². The molecule has 0 spiro atoms. The van der Waals surface area contributed by atoms with E-state index in [0.29, 0.717) is 10.4 Å². The van der Waals surface area contributed by atoms with Gasteiger partial charge in [0.05, 0.1) is 11.2 Å². The Kier molecular flexibility index (Phi) is 2.89. The number of hydrogen-bond donors (Lipinski definition) is 1. The van der Waals surface area contributed by atoms with Gasteiger partial charge in [0.15, 0.2) is 5.82 Å². The Labute approximate surface area is 102 Å². The maximum atomic E-state index is 11.8. The van der Waals surface area contributed by atoms with Crippen molar-refractivity contribution in [2.24, 2.45) is 7.05 Å². The van der Waals surface area contributed by atoms with Gasteiger partial charge in [-0.15, -0.1) is 11.3 Å². The third kappa shape index (κ3) is 2.32. The quantitative estimate of drug-likeness (QED) is 0.867. The van der Waals surface area contributed by atoms with Crippen molar-refractivity contribution in [3.05, 3.63) is 27.8 Å². The number of aromatic nitrogens is 3. The zero-order valence-electron chi connectivity index (χ0n) is 9.26. The molecule has 2 heterocycles. The molecule has 0 aromatic carbocycles. The minimum absolute atomic E-state index is 0.269. The Hall–Kier alpha value is -2.20. The highest BCUT2D eigenvalue weighted by atomic mass is 32.1. The Bertz CT molecular complexity index is 606. The Morgan fingerprint density at radius 3 is 3.00 bits per heavy atom. The smallest absolute Gasteiger partial charge is 0.268 e. The molecule has 1 N–H and O–H groups in total. The van der Waals surface area contributed by atoms with Crippen molar-refractivity contribution < 1.29 is 4.79 Å². The number of nitrogens with one attached hydrogen (secondary N) is 1. The molecular formula is C10H9N5OS. The molecule has 7 heteroatoms. The van der Waals surface area contributed by atoms with Crippen molar-refractivity contribution in [1.82, 2.24) is 14.8 Å². The first-order valence-corrected chi connectivity index (χ1v) is 5.59. The molecule has 2 aromatic heterocycles. The molecule has 0 fully saturated rings. The van der Waals surface area contributed by atoms with Gasteiger partial charge in [-0.1, -0.05) is 0 Å². The summed E-state index contributed by atoms with van der Waals surface area (Å²) < 4.78 is 1.48. The number of carbonyl (C=O) groups excluding carboxylic acids is 1. The van der Waals surface area contributed by atoms with Crippen LogP contribution in [0.25, 0.3) is 0 Å². The zero-order chi connectivity index (χ0) is 12.4. The van der Waals surface area contributed by atoms with Crippen LogP contribution in [0.4, 0.5) is 5.82 Å². The molecular weight excluding hydrogens is 238 g/mol. The van der Waals surface area contributed by atoms with E-state index in [1.54, 1.807) is 13.2 Å². The van der Waals surface area contributed by atoms with Crippen molar-refractivity contribution in [3.63, 3.8) is 0 Å². The van der Waals surface area contributed by atoms with Crippen LogP contribution in [-0.4, -0.2) is 20.7 Å². The van der Waals surface area contributed by atoms with Gasteiger partial charge in [0.1, 0.15) is 16.5 Å². The molecule has 0 aliphatic rings. The van der Waals surface area contributed by atoms with Gasteiger partial charge in [-0.2, -0.15) is 10.4 Å². The first kappa shape index (κ1) is 11.3. The van der Waals surface area contributed by atoms with E-state index in [4.69, 9.17) is 5.26 Å². The van der Waals surface area contributed by atoms with Crippen LogP contribution in [0.5, 0.6) is 0 Å². The highest BCUT2D eigenvalue weighted by Crippen LogP contribution is 2.16. The van der Waals surface area contributed by atoms with Crippen LogP contribution < -0.4 is 5.32 Å². The van der Waals surface area contributed by atoms with Crippen LogP contribution in [0.2, 0.25) is 0 Å². The van der Waals surface area contributed by atoms with Crippen LogP contribution in [0.15, 0.2) is 12.4 Å². The first-order valence-electron chi connectivity index (χ1n) is 4.77. The molecule has 2 rings (SSSR count). The van der Waals surface area contributed by atoms with Gasteiger partial charge in [0, 0.05) is 13.2 Å². The molecule has 0 aliphatic heterocycles. The molecule has 2 aromatic rings. The first-order chi connectivity index (χ1) is 8.10. The molecule has 0 aliphatic carbocycles. The fraction of sp³-hybridized carbons (Fsp3) is 0.200. The number of amides is 1. The topological polar surface area (TPSA) is 83.6 Å². The summed E-state index contributed by atoms with van der Waals surface area (Å²) in [6, 6.07) is 1.97. The lowest BCUT2D eigenvalue weighted by molar-refractivity contribution is 0.103. The van der Waals surface area contributed by atoms with Crippen LogP contribution in [0.3, 0.4) is 0 Å². The average Bonchev–Trinajstić information content (AvgIpc) is 2.85. The Morgan fingerprint density at radius 1 is 1.65 bits per heavy atom. The van der Waals surface area contributed by atoms with Crippen LogP contribution >= 0.6 is 11.3 Å². The molecule has 0 radical (unpaired) electrons. The standard InChI is InChI=1S/C10H9N5OS/c1-6-12-4-8(17-6)10(16)13-9-7(3-11)5-15(2)14-9/h4-5H,1-2H3,(H,13,14,16). The maximum absolute atomic E-state index is 11.8. The summed E-state index contributed by atoms with van der Waals surface area (Å²) in [7, 11) is 1.69. The predicted molar refractivity (Wildman–Crippen MR) is 62.7 cm³/mol. The van der Waals surface area contributed by atoms with Gasteiger partial charge in [0.25, 0.3) is 5.91 Å². The van der Waals surface area contributed by atoms with Gasteiger partial charge in [-0.25, -0.2) is 4.98 Å². The summed E-state index contributed by atoms with van der Waals surface area (Å²) in [5.41, 5.74) is 0.335. The second-order valence-electron chi connectivity index (χ2n) is 3.37.